The Kier molecular flexibility index (Phi) is 7.49. The van der Waals surface area contributed by atoms with Crippen LogP contribution in [0.2, 0.25) is 0 Å². The first kappa shape index (κ1) is 22.1. The highest BCUT2D eigenvalue weighted by molar-refractivity contribution is 6.00. The molecule has 0 aliphatic carbocycles. The number of nitrogens with two attached hydrogens (primary N) is 1. The molecule has 0 fully saturated rings. The molecular formula is C20H22F2N4O3. The summed E-state index contributed by atoms with van der Waals surface area (Å²) in [5.74, 6) is -3.52. The van der Waals surface area contributed by atoms with Gasteiger partial charge >= 0.3 is 0 Å². The molecule has 0 spiro atoms. The van der Waals surface area contributed by atoms with Crippen molar-refractivity contribution < 1.29 is 23.2 Å². The lowest BCUT2D eigenvalue weighted by Crippen LogP contribution is -2.52. The number of rotatable bonds is 7. The lowest BCUT2D eigenvalue weighted by Gasteiger charge is -2.25. The van der Waals surface area contributed by atoms with E-state index in [4.69, 9.17) is 5.73 Å². The van der Waals surface area contributed by atoms with E-state index in [1.807, 2.05) is 0 Å². The second kappa shape index (κ2) is 9.83. The first-order valence-corrected chi connectivity index (χ1v) is 8.92. The van der Waals surface area contributed by atoms with Crippen LogP contribution in [0.4, 0.5) is 8.78 Å². The number of imide groups is 1. The lowest BCUT2D eigenvalue weighted by molar-refractivity contribution is -0.148. The largest absolute Gasteiger partial charge is 0.344 e. The quantitative estimate of drug-likeness (QED) is 0.724. The van der Waals surface area contributed by atoms with Gasteiger partial charge in [0.2, 0.25) is 11.8 Å². The van der Waals surface area contributed by atoms with Crippen molar-refractivity contribution in [2.45, 2.75) is 38.9 Å². The average molecular weight is 404 g/mol. The summed E-state index contributed by atoms with van der Waals surface area (Å²) in [5.41, 5.74) is 6.24. The smallest absolute Gasteiger partial charge is 0.251 e. The number of amides is 3. The Morgan fingerprint density at radius 3 is 2.31 bits per heavy atom. The molecule has 29 heavy (non-hydrogen) atoms. The van der Waals surface area contributed by atoms with Crippen molar-refractivity contribution >= 4 is 17.7 Å². The number of hydrogen-bond donors (Lipinski definition) is 2. The Hall–Kier alpha value is -3.20. The molecule has 0 unspecified atom stereocenters. The monoisotopic (exact) mass is 404 g/mol. The molecule has 0 aliphatic rings. The summed E-state index contributed by atoms with van der Waals surface area (Å²) < 4.78 is 26.5. The number of nitrogens with zero attached hydrogens (tertiary/aromatic N) is 2. The fourth-order valence-corrected chi connectivity index (χ4v) is 2.65. The maximum atomic E-state index is 13.3. The first-order chi connectivity index (χ1) is 13.7. The summed E-state index contributed by atoms with van der Waals surface area (Å²) in [6, 6.07) is 5.82. The van der Waals surface area contributed by atoms with Crippen LogP contribution in [0.5, 0.6) is 0 Å². The second-order valence-corrected chi connectivity index (χ2v) is 6.62. The van der Waals surface area contributed by atoms with Crippen LogP contribution in [-0.2, 0) is 27.3 Å². The van der Waals surface area contributed by atoms with E-state index < -0.39 is 41.4 Å². The zero-order valence-corrected chi connectivity index (χ0v) is 16.1. The van der Waals surface area contributed by atoms with Crippen molar-refractivity contribution in [3.05, 3.63) is 65.5 Å². The minimum Gasteiger partial charge on any atom is -0.344 e. The molecule has 3 amide bonds. The van der Waals surface area contributed by atoms with Gasteiger partial charge in [-0.2, -0.15) is 0 Å². The van der Waals surface area contributed by atoms with E-state index in [1.165, 1.54) is 20.0 Å². The normalized spacial score (nSPS) is 12.7. The van der Waals surface area contributed by atoms with Gasteiger partial charge in [-0.15, -0.1) is 0 Å². The number of pyridine rings is 1. The van der Waals surface area contributed by atoms with Crippen LogP contribution in [0.3, 0.4) is 0 Å². The molecule has 0 radical (unpaired) electrons. The van der Waals surface area contributed by atoms with E-state index in [2.05, 4.69) is 10.3 Å². The van der Waals surface area contributed by atoms with E-state index in [0.717, 1.165) is 17.0 Å². The predicted molar refractivity (Wildman–Crippen MR) is 101 cm³/mol. The molecule has 0 aliphatic heterocycles. The summed E-state index contributed by atoms with van der Waals surface area (Å²) in [7, 11) is 0. The van der Waals surface area contributed by atoms with Crippen LogP contribution in [0.15, 0.2) is 42.6 Å². The highest BCUT2D eigenvalue weighted by Crippen LogP contribution is 2.10. The van der Waals surface area contributed by atoms with Gasteiger partial charge in [0.15, 0.2) is 0 Å². The molecule has 1 aromatic heterocycles. The zero-order chi connectivity index (χ0) is 21.6. The van der Waals surface area contributed by atoms with Crippen LogP contribution >= 0.6 is 0 Å². The third kappa shape index (κ3) is 6.42. The van der Waals surface area contributed by atoms with Crippen LogP contribution in [0.1, 0.15) is 25.1 Å². The SMILES string of the molecule is C[C@H](N)C(=O)N(Cc1ccccn1)C(=O)[C@H](C)NC(=O)Cc1cc(F)cc(F)c1. The van der Waals surface area contributed by atoms with E-state index in [-0.39, 0.29) is 18.5 Å². The molecular weight excluding hydrogens is 382 g/mol. The highest BCUT2D eigenvalue weighted by Gasteiger charge is 2.29. The minimum absolute atomic E-state index is 0.102. The Labute approximate surface area is 166 Å². The molecule has 0 saturated heterocycles. The van der Waals surface area contributed by atoms with Gasteiger partial charge in [0.25, 0.3) is 5.91 Å². The van der Waals surface area contributed by atoms with Gasteiger partial charge in [0.05, 0.1) is 24.7 Å². The molecule has 0 saturated carbocycles. The molecule has 2 rings (SSSR count). The summed E-state index contributed by atoms with van der Waals surface area (Å²) >= 11 is 0. The van der Waals surface area contributed by atoms with E-state index in [0.29, 0.717) is 11.8 Å². The third-order valence-electron chi connectivity index (χ3n) is 4.00. The summed E-state index contributed by atoms with van der Waals surface area (Å²) in [5, 5.41) is 2.44. The number of aromatic nitrogens is 1. The average Bonchev–Trinajstić information content (AvgIpc) is 2.64. The fraction of sp³-hybridized carbons (Fsp3) is 0.300. The maximum absolute atomic E-state index is 13.3. The molecule has 3 N–H and O–H groups in total. The van der Waals surface area contributed by atoms with Gasteiger partial charge in [-0.1, -0.05) is 6.07 Å². The molecule has 2 aromatic rings. The first-order valence-electron chi connectivity index (χ1n) is 8.92. The number of nitrogens with one attached hydrogen (secondary N) is 1. The van der Waals surface area contributed by atoms with Crippen molar-refractivity contribution in [1.29, 1.82) is 0 Å². The Bertz CT molecular complexity index is 870. The van der Waals surface area contributed by atoms with E-state index >= 15 is 0 Å². The molecule has 1 aromatic carbocycles. The molecule has 2 atom stereocenters. The van der Waals surface area contributed by atoms with Crippen LogP contribution in [0.25, 0.3) is 0 Å². The lowest BCUT2D eigenvalue weighted by atomic mass is 10.1. The standard InChI is InChI=1S/C20H22F2N4O3/c1-12(23)19(28)26(11-17-5-3-4-6-24-17)20(29)13(2)25-18(27)9-14-7-15(21)10-16(22)8-14/h3-8,10,12-13H,9,11,23H2,1-2H3,(H,25,27)/t12-,13-/m0/s1. The minimum atomic E-state index is -1.06. The number of halogens is 2. The topological polar surface area (TPSA) is 105 Å². The summed E-state index contributed by atoms with van der Waals surface area (Å²) in [6.07, 6.45) is 1.20. The Balaban J connectivity index is 2.08. The van der Waals surface area contributed by atoms with E-state index in [9.17, 15) is 23.2 Å². The van der Waals surface area contributed by atoms with Crippen molar-refractivity contribution in [3.8, 4) is 0 Å². The Morgan fingerprint density at radius 2 is 1.76 bits per heavy atom. The van der Waals surface area contributed by atoms with Crippen molar-refractivity contribution in [2.24, 2.45) is 5.73 Å². The number of carbonyl (C=O) groups excluding carboxylic acids is 3. The van der Waals surface area contributed by atoms with Crippen molar-refractivity contribution in [2.75, 3.05) is 0 Å². The van der Waals surface area contributed by atoms with E-state index in [1.54, 1.807) is 18.2 Å². The summed E-state index contributed by atoms with van der Waals surface area (Å²) in [4.78, 5) is 42.4. The number of benzene rings is 1. The molecule has 7 nitrogen and oxygen atoms in total. The molecule has 0 bridgehead atoms. The maximum Gasteiger partial charge on any atom is 0.251 e. The van der Waals surface area contributed by atoms with Gasteiger partial charge in [0.1, 0.15) is 17.7 Å². The van der Waals surface area contributed by atoms with Crippen molar-refractivity contribution in [1.82, 2.24) is 15.2 Å². The van der Waals surface area contributed by atoms with Gasteiger partial charge in [-0.3, -0.25) is 24.3 Å². The molecule has 154 valence electrons. The van der Waals surface area contributed by atoms with Gasteiger partial charge in [-0.05, 0) is 43.7 Å². The molecule has 9 heteroatoms. The van der Waals surface area contributed by atoms with Crippen molar-refractivity contribution in [3.63, 3.8) is 0 Å². The van der Waals surface area contributed by atoms with Crippen LogP contribution in [-0.4, -0.2) is 39.7 Å². The predicted octanol–water partition coefficient (Wildman–Crippen LogP) is 1.31. The highest BCUT2D eigenvalue weighted by atomic mass is 19.1. The third-order valence-corrected chi connectivity index (χ3v) is 4.00. The van der Waals surface area contributed by atoms with Gasteiger partial charge in [0, 0.05) is 12.3 Å². The zero-order valence-electron chi connectivity index (χ0n) is 16.1. The number of hydrogen-bond acceptors (Lipinski definition) is 5. The second-order valence-electron chi connectivity index (χ2n) is 6.62. The summed E-state index contributed by atoms with van der Waals surface area (Å²) in [6.45, 7) is 2.75. The molecule has 1 heterocycles. The van der Waals surface area contributed by atoms with Gasteiger partial charge in [-0.25, -0.2) is 8.78 Å². The van der Waals surface area contributed by atoms with Crippen LogP contribution < -0.4 is 11.1 Å². The Morgan fingerprint density at radius 1 is 1.10 bits per heavy atom. The fourth-order valence-electron chi connectivity index (χ4n) is 2.65. The number of carbonyl (C=O) groups is 3. The van der Waals surface area contributed by atoms with Gasteiger partial charge < -0.3 is 11.1 Å². The van der Waals surface area contributed by atoms with Crippen LogP contribution in [0, 0.1) is 11.6 Å².